The Balaban J connectivity index is 2.43. The van der Waals surface area contributed by atoms with Gasteiger partial charge in [0.25, 0.3) is 0 Å². The molecule has 2 N–H and O–H groups in total. The largest absolute Gasteiger partial charge is 0.382 e. The Bertz CT molecular complexity index is 316. The average molecular weight is 180 g/mol. The van der Waals surface area contributed by atoms with E-state index in [1.165, 1.54) is 11.3 Å². The van der Waals surface area contributed by atoms with Crippen molar-refractivity contribution in [1.29, 1.82) is 0 Å². The number of likely N-dealkylation sites (N-methyl/N-ethyl adjacent to an activating group) is 1. The lowest BCUT2D eigenvalue weighted by Gasteiger charge is -2.23. The second-order valence-electron chi connectivity index (χ2n) is 3.61. The molecule has 0 saturated carbocycles. The normalized spacial score (nSPS) is 17.4. The van der Waals surface area contributed by atoms with Gasteiger partial charge in [-0.2, -0.15) is 5.10 Å². The fourth-order valence-electron chi connectivity index (χ4n) is 1.90. The van der Waals surface area contributed by atoms with Crippen molar-refractivity contribution in [3.05, 3.63) is 11.3 Å². The zero-order valence-electron chi connectivity index (χ0n) is 8.25. The topological polar surface area (TPSA) is 47.1 Å². The first kappa shape index (κ1) is 8.56. The molecule has 72 valence electrons. The molecule has 0 bridgehead atoms. The monoisotopic (exact) mass is 180 g/mol. The number of hydrogen-bond acceptors (Lipinski definition) is 3. The molecule has 0 unspecified atom stereocenters. The van der Waals surface area contributed by atoms with Crippen LogP contribution in [-0.4, -0.2) is 28.3 Å². The number of nitrogens with zero attached hydrogens (tertiary/aromatic N) is 3. The number of aromatic nitrogens is 2. The Morgan fingerprint density at radius 2 is 2.31 bits per heavy atom. The molecule has 1 aromatic heterocycles. The van der Waals surface area contributed by atoms with Crippen molar-refractivity contribution in [2.75, 3.05) is 19.3 Å². The van der Waals surface area contributed by atoms with Gasteiger partial charge in [-0.15, -0.1) is 0 Å². The lowest BCUT2D eigenvalue weighted by molar-refractivity contribution is 0.300. The van der Waals surface area contributed by atoms with Gasteiger partial charge in [-0.25, -0.2) is 0 Å². The maximum absolute atomic E-state index is 5.83. The Morgan fingerprint density at radius 3 is 3.00 bits per heavy atom. The maximum Gasteiger partial charge on any atom is 0.149 e. The Hall–Kier alpha value is -1.03. The summed E-state index contributed by atoms with van der Waals surface area (Å²) in [5.41, 5.74) is 8.40. The van der Waals surface area contributed by atoms with Gasteiger partial charge in [0, 0.05) is 25.2 Å². The van der Waals surface area contributed by atoms with E-state index in [9.17, 15) is 0 Å². The van der Waals surface area contributed by atoms with Crippen LogP contribution in [0.3, 0.4) is 0 Å². The van der Waals surface area contributed by atoms with Crippen molar-refractivity contribution in [3.63, 3.8) is 0 Å². The predicted molar refractivity (Wildman–Crippen MR) is 52.4 cm³/mol. The predicted octanol–water partition coefficient (Wildman–Crippen LogP) is 0.473. The summed E-state index contributed by atoms with van der Waals surface area (Å²) in [4.78, 5) is 2.30. The van der Waals surface area contributed by atoms with Crippen LogP contribution in [0.25, 0.3) is 0 Å². The quantitative estimate of drug-likeness (QED) is 0.683. The van der Waals surface area contributed by atoms with Gasteiger partial charge in [0.1, 0.15) is 5.82 Å². The van der Waals surface area contributed by atoms with Gasteiger partial charge in [0.15, 0.2) is 0 Å². The number of nitrogens with two attached hydrogens (primary N) is 1. The summed E-state index contributed by atoms with van der Waals surface area (Å²) in [5.74, 6) is 0.727. The third-order valence-electron chi connectivity index (χ3n) is 2.66. The lowest BCUT2D eigenvalue weighted by Crippen LogP contribution is -2.27. The first-order valence-electron chi connectivity index (χ1n) is 4.75. The third-order valence-corrected chi connectivity index (χ3v) is 2.66. The molecule has 0 radical (unpaired) electrons. The SMILES string of the molecule is CCn1nc(N)c2c1CN(C)CC2. The molecule has 0 aliphatic carbocycles. The van der Waals surface area contributed by atoms with Crippen LogP contribution < -0.4 is 5.73 Å². The number of rotatable bonds is 1. The molecule has 2 rings (SSSR count). The molecular weight excluding hydrogens is 164 g/mol. The Morgan fingerprint density at radius 1 is 1.54 bits per heavy atom. The van der Waals surface area contributed by atoms with E-state index in [0.717, 1.165) is 31.9 Å². The summed E-state index contributed by atoms with van der Waals surface area (Å²) in [5, 5.41) is 4.31. The molecular formula is C9H16N4. The Kier molecular flexibility index (Phi) is 2.00. The van der Waals surface area contributed by atoms with E-state index in [2.05, 4.69) is 24.0 Å². The molecule has 4 nitrogen and oxygen atoms in total. The molecule has 1 aliphatic heterocycles. The van der Waals surface area contributed by atoms with Crippen molar-refractivity contribution in [2.24, 2.45) is 0 Å². The molecule has 1 aliphatic rings. The van der Waals surface area contributed by atoms with E-state index < -0.39 is 0 Å². The first-order chi connectivity index (χ1) is 6.22. The molecule has 0 amide bonds. The molecule has 0 aromatic carbocycles. The van der Waals surface area contributed by atoms with Crippen molar-refractivity contribution < 1.29 is 0 Å². The number of aryl methyl sites for hydroxylation is 1. The molecule has 13 heavy (non-hydrogen) atoms. The zero-order chi connectivity index (χ0) is 9.42. The van der Waals surface area contributed by atoms with Crippen LogP contribution in [0.2, 0.25) is 0 Å². The summed E-state index contributed by atoms with van der Waals surface area (Å²) >= 11 is 0. The van der Waals surface area contributed by atoms with Crippen LogP contribution in [0.5, 0.6) is 0 Å². The number of hydrogen-bond donors (Lipinski definition) is 1. The van der Waals surface area contributed by atoms with Crippen LogP contribution in [0, 0.1) is 0 Å². The van der Waals surface area contributed by atoms with Crippen molar-refractivity contribution in [3.8, 4) is 0 Å². The van der Waals surface area contributed by atoms with Crippen LogP contribution >= 0.6 is 0 Å². The smallest absolute Gasteiger partial charge is 0.149 e. The summed E-state index contributed by atoms with van der Waals surface area (Å²) < 4.78 is 2.01. The lowest BCUT2D eigenvalue weighted by atomic mass is 10.1. The zero-order valence-corrected chi connectivity index (χ0v) is 8.25. The van der Waals surface area contributed by atoms with Crippen molar-refractivity contribution in [2.45, 2.75) is 26.4 Å². The van der Waals surface area contributed by atoms with E-state index in [1.54, 1.807) is 0 Å². The average Bonchev–Trinajstić information content (AvgIpc) is 2.42. The second-order valence-corrected chi connectivity index (χ2v) is 3.61. The van der Waals surface area contributed by atoms with Gasteiger partial charge >= 0.3 is 0 Å². The van der Waals surface area contributed by atoms with Gasteiger partial charge in [0.05, 0.1) is 5.69 Å². The Labute approximate surface area is 78.3 Å². The van der Waals surface area contributed by atoms with E-state index in [4.69, 9.17) is 5.73 Å². The van der Waals surface area contributed by atoms with Gasteiger partial charge < -0.3 is 10.6 Å². The van der Waals surface area contributed by atoms with Gasteiger partial charge in [-0.05, 0) is 20.4 Å². The summed E-state index contributed by atoms with van der Waals surface area (Å²) in [6, 6.07) is 0. The van der Waals surface area contributed by atoms with Crippen molar-refractivity contribution in [1.82, 2.24) is 14.7 Å². The molecule has 0 saturated heterocycles. The highest BCUT2D eigenvalue weighted by atomic mass is 15.3. The van der Waals surface area contributed by atoms with Crippen LogP contribution in [0.15, 0.2) is 0 Å². The maximum atomic E-state index is 5.83. The van der Waals surface area contributed by atoms with Crippen molar-refractivity contribution >= 4 is 5.82 Å². The standard InChI is InChI=1S/C9H16N4/c1-3-13-8-6-12(2)5-4-7(8)9(10)11-13/h3-6H2,1-2H3,(H2,10,11). The molecule has 0 spiro atoms. The molecule has 4 heteroatoms. The van der Waals surface area contributed by atoms with E-state index in [-0.39, 0.29) is 0 Å². The van der Waals surface area contributed by atoms with Gasteiger partial charge in [-0.3, -0.25) is 4.68 Å². The molecule has 0 atom stereocenters. The minimum Gasteiger partial charge on any atom is -0.382 e. The minimum absolute atomic E-state index is 0.727. The number of anilines is 1. The summed E-state index contributed by atoms with van der Waals surface area (Å²) in [6.07, 6.45) is 1.04. The van der Waals surface area contributed by atoms with E-state index >= 15 is 0 Å². The number of fused-ring (bicyclic) bond motifs is 1. The number of nitrogen functional groups attached to an aromatic ring is 1. The van der Waals surface area contributed by atoms with Gasteiger partial charge in [-0.1, -0.05) is 0 Å². The van der Waals surface area contributed by atoms with Crippen LogP contribution in [0.4, 0.5) is 5.82 Å². The van der Waals surface area contributed by atoms with Crippen LogP contribution in [-0.2, 0) is 19.5 Å². The third kappa shape index (κ3) is 1.31. The highest BCUT2D eigenvalue weighted by molar-refractivity contribution is 5.44. The fourth-order valence-corrected chi connectivity index (χ4v) is 1.90. The fraction of sp³-hybridized carbons (Fsp3) is 0.667. The second kappa shape index (κ2) is 3.03. The van der Waals surface area contributed by atoms with Gasteiger partial charge in [0.2, 0.25) is 0 Å². The minimum atomic E-state index is 0.727. The molecule has 1 aromatic rings. The summed E-state index contributed by atoms with van der Waals surface area (Å²) in [6.45, 7) is 5.08. The highest BCUT2D eigenvalue weighted by Gasteiger charge is 2.20. The molecule has 2 heterocycles. The van der Waals surface area contributed by atoms with Crippen LogP contribution in [0.1, 0.15) is 18.2 Å². The van der Waals surface area contributed by atoms with E-state index in [1.807, 2.05) is 4.68 Å². The van der Waals surface area contributed by atoms with E-state index in [0.29, 0.717) is 0 Å². The summed E-state index contributed by atoms with van der Waals surface area (Å²) in [7, 11) is 2.13. The first-order valence-corrected chi connectivity index (χ1v) is 4.75. The molecule has 0 fully saturated rings. The highest BCUT2D eigenvalue weighted by Crippen LogP contribution is 2.22.